The zero-order valence-electron chi connectivity index (χ0n) is 30.8. The first-order valence-corrected chi connectivity index (χ1v) is 18.2. The molecule has 7 heteroatoms. The number of para-hydroxylation sites is 1. The van der Waals surface area contributed by atoms with E-state index in [4.69, 9.17) is 9.97 Å². The maximum absolute atomic E-state index is 11.7. The molecule has 3 heterocycles. The largest absolute Gasteiger partial charge is 0.512 e. The van der Waals surface area contributed by atoms with Gasteiger partial charge in [0.2, 0.25) is 0 Å². The van der Waals surface area contributed by atoms with Gasteiger partial charge in [0, 0.05) is 66.5 Å². The number of aliphatic hydroxyl groups is 1. The van der Waals surface area contributed by atoms with E-state index in [9.17, 15) is 9.90 Å². The first-order valence-electron chi connectivity index (χ1n) is 18.2. The summed E-state index contributed by atoms with van der Waals surface area (Å²) in [5.41, 5.74) is 9.49. The molecule has 0 amide bonds. The van der Waals surface area contributed by atoms with Gasteiger partial charge in [0.1, 0.15) is 12.0 Å². The minimum Gasteiger partial charge on any atom is -0.512 e. The van der Waals surface area contributed by atoms with Crippen LogP contribution < -0.4 is 4.90 Å². The molecule has 6 nitrogen and oxygen atoms in total. The third kappa shape index (κ3) is 8.21. The van der Waals surface area contributed by atoms with Crippen LogP contribution in [0, 0.1) is 30.2 Å². The zero-order chi connectivity index (χ0) is 34.6. The van der Waals surface area contributed by atoms with E-state index in [-0.39, 0.29) is 48.9 Å². The molecule has 1 aliphatic carbocycles. The SMILES string of the molecule is CCC(CC)C(=O)/C=C(\O)C(CC)CC.Cc1[c-]c2c(cc1)N(C1CCCC1)c1c(CC(C)(C)C)n(-c3ccccc3)c3ncnc-2c13.[Ir]. The van der Waals surface area contributed by atoms with Crippen LogP contribution in [0.3, 0.4) is 0 Å². The van der Waals surface area contributed by atoms with Crippen molar-refractivity contribution in [1.82, 2.24) is 14.5 Å². The first-order chi connectivity index (χ1) is 23.0. The van der Waals surface area contributed by atoms with E-state index in [1.165, 1.54) is 54.2 Å². The maximum atomic E-state index is 11.7. The molecule has 0 unspecified atom stereocenters. The Morgan fingerprint density at radius 3 is 2.18 bits per heavy atom. The Morgan fingerprint density at radius 1 is 0.959 bits per heavy atom. The quantitative estimate of drug-likeness (QED) is 0.0978. The van der Waals surface area contributed by atoms with Crippen LogP contribution in [0.4, 0.5) is 11.4 Å². The monoisotopic (exact) mass is 840 g/mol. The van der Waals surface area contributed by atoms with Gasteiger partial charge in [-0.25, -0.2) is 4.98 Å². The first kappa shape index (κ1) is 38.5. The number of nitrogens with zero attached hydrogens (tertiary/aromatic N) is 4. The minimum atomic E-state index is 0. The minimum absolute atomic E-state index is 0. The molecule has 1 aliphatic heterocycles. The third-order valence-corrected chi connectivity index (χ3v) is 10.1. The normalized spacial score (nSPS) is 14.6. The number of ketones is 1. The number of hydrogen-bond donors (Lipinski definition) is 1. The maximum Gasteiger partial charge on any atom is 0.162 e. The van der Waals surface area contributed by atoms with Crippen LogP contribution in [0.15, 0.2) is 60.6 Å². The molecule has 1 radical (unpaired) electrons. The number of aromatic nitrogens is 3. The number of allylic oxidation sites excluding steroid dienone is 2. The summed E-state index contributed by atoms with van der Waals surface area (Å²) in [7, 11) is 0. The van der Waals surface area contributed by atoms with Crippen molar-refractivity contribution in [3.05, 3.63) is 78.0 Å². The average Bonchev–Trinajstić information content (AvgIpc) is 3.70. The van der Waals surface area contributed by atoms with Gasteiger partial charge in [0.05, 0.1) is 11.4 Å². The Labute approximate surface area is 307 Å². The summed E-state index contributed by atoms with van der Waals surface area (Å²) in [6.45, 7) is 17.2. The third-order valence-electron chi connectivity index (χ3n) is 10.1. The molecule has 1 saturated carbocycles. The molecule has 1 N–H and O–H groups in total. The summed E-state index contributed by atoms with van der Waals surface area (Å²) in [6, 6.07) is 19.3. The molecular weight excluding hydrogens is 785 g/mol. The van der Waals surface area contributed by atoms with E-state index in [0.29, 0.717) is 6.04 Å². The Kier molecular flexibility index (Phi) is 13.1. The van der Waals surface area contributed by atoms with E-state index in [1.54, 1.807) is 6.33 Å². The smallest absolute Gasteiger partial charge is 0.162 e. The van der Waals surface area contributed by atoms with E-state index < -0.39 is 0 Å². The number of carbonyl (C=O) groups excluding carboxylic acids is 1. The van der Waals surface area contributed by atoms with Crippen molar-refractivity contribution in [2.75, 3.05) is 4.90 Å². The van der Waals surface area contributed by atoms with Gasteiger partial charge in [0.25, 0.3) is 0 Å². The fourth-order valence-electron chi connectivity index (χ4n) is 7.52. The predicted molar refractivity (Wildman–Crippen MR) is 199 cm³/mol. The average molecular weight is 840 g/mol. The summed E-state index contributed by atoms with van der Waals surface area (Å²) in [5, 5.41) is 10.9. The molecule has 265 valence electrons. The molecule has 2 aliphatic rings. The van der Waals surface area contributed by atoms with Crippen molar-refractivity contribution in [3.63, 3.8) is 0 Å². The molecule has 49 heavy (non-hydrogen) atoms. The Hall–Kier alpha value is -3.28. The fraction of sp³-hybridized carbons (Fsp3) is 0.500. The topological polar surface area (TPSA) is 71.2 Å². The molecule has 1 fully saturated rings. The predicted octanol–water partition coefficient (Wildman–Crippen LogP) is 11.0. The molecule has 0 atom stereocenters. The summed E-state index contributed by atoms with van der Waals surface area (Å²) in [4.78, 5) is 24.1. The molecule has 6 rings (SSSR count). The number of anilines is 2. The van der Waals surface area contributed by atoms with Crippen LogP contribution in [0.2, 0.25) is 0 Å². The number of rotatable bonds is 10. The van der Waals surface area contributed by atoms with Crippen molar-refractivity contribution >= 4 is 28.2 Å². The molecule has 4 aromatic rings. The molecule has 2 aromatic carbocycles. The van der Waals surface area contributed by atoms with Gasteiger partial charge in [-0.3, -0.25) is 14.3 Å². The second-order valence-electron chi connectivity index (χ2n) is 14.8. The number of benzene rings is 2. The molecule has 2 aromatic heterocycles. The second-order valence-corrected chi connectivity index (χ2v) is 14.8. The van der Waals surface area contributed by atoms with E-state index in [2.05, 4.69) is 85.7 Å². The van der Waals surface area contributed by atoms with Crippen LogP contribution in [0.1, 0.15) is 111 Å². The Balaban J connectivity index is 0.000000290. The van der Waals surface area contributed by atoms with Crippen molar-refractivity contribution in [3.8, 4) is 16.9 Å². The summed E-state index contributed by atoms with van der Waals surface area (Å²) < 4.78 is 2.39. The second kappa shape index (κ2) is 16.6. The number of carbonyl (C=O) groups is 1. The van der Waals surface area contributed by atoms with Gasteiger partial charge in [0.15, 0.2) is 5.78 Å². The summed E-state index contributed by atoms with van der Waals surface area (Å²) >= 11 is 0. The summed E-state index contributed by atoms with van der Waals surface area (Å²) in [5.74, 6) is 0.547. The molecule has 0 spiro atoms. The van der Waals surface area contributed by atoms with Crippen LogP contribution >= 0.6 is 0 Å². The number of hydrogen-bond acceptors (Lipinski definition) is 5. The Bertz CT molecular complexity index is 1740. The van der Waals surface area contributed by atoms with Gasteiger partial charge in [-0.2, -0.15) is 0 Å². The summed E-state index contributed by atoms with van der Waals surface area (Å²) in [6.07, 6.45) is 12.6. The molecule has 0 bridgehead atoms. The van der Waals surface area contributed by atoms with E-state index >= 15 is 0 Å². The van der Waals surface area contributed by atoms with Crippen LogP contribution in [-0.2, 0) is 31.3 Å². The van der Waals surface area contributed by atoms with Gasteiger partial charge in [-0.1, -0.05) is 86.4 Å². The number of aliphatic hydroxyl groups excluding tert-OH is 1. The Morgan fingerprint density at radius 2 is 1.59 bits per heavy atom. The standard InChI is InChI=1S/C29H31N4.C13H24O2.Ir/c1-19-14-15-23-22(16-19)26-25-27(32(23)20-12-8-9-13-20)24(17-29(2,3)4)33(28(25)31-18-30-26)21-10-6-5-7-11-21;1-5-10(6-2)12(14)9-13(15)11(7-3)8-4;/h5-7,10-11,14-15,18,20H,8-9,12-13,17H2,1-4H3;9-11,14H,5-8H2,1-4H3;/q-1;;/b;12-9-;. The van der Waals surface area contributed by atoms with E-state index in [1.807, 2.05) is 27.7 Å². The molecular formula is C42H55IrN4O2-. The van der Waals surface area contributed by atoms with Crippen LogP contribution in [0.25, 0.3) is 28.0 Å². The van der Waals surface area contributed by atoms with Crippen molar-refractivity contribution in [2.24, 2.45) is 17.3 Å². The zero-order valence-corrected chi connectivity index (χ0v) is 33.2. The van der Waals surface area contributed by atoms with Gasteiger partial charge in [-0.15, -0.1) is 29.3 Å². The van der Waals surface area contributed by atoms with Crippen molar-refractivity contribution in [1.29, 1.82) is 0 Å². The van der Waals surface area contributed by atoms with Gasteiger partial charge in [-0.05, 0) is 68.2 Å². The van der Waals surface area contributed by atoms with Crippen LogP contribution in [0.5, 0.6) is 0 Å². The fourth-order valence-corrected chi connectivity index (χ4v) is 7.52. The number of aryl methyl sites for hydroxylation is 1. The van der Waals surface area contributed by atoms with E-state index in [0.717, 1.165) is 60.3 Å². The molecule has 0 saturated heterocycles. The van der Waals surface area contributed by atoms with Crippen LogP contribution in [-0.4, -0.2) is 31.5 Å². The number of fused-ring (bicyclic) bond motifs is 2. The van der Waals surface area contributed by atoms with Crippen molar-refractivity contribution in [2.45, 2.75) is 119 Å². The van der Waals surface area contributed by atoms with Gasteiger partial charge < -0.3 is 10.0 Å². The van der Waals surface area contributed by atoms with Crippen molar-refractivity contribution < 1.29 is 30.0 Å². The van der Waals surface area contributed by atoms with Gasteiger partial charge >= 0.3 is 0 Å².